The molecule has 76 valence electrons. The molecule has 0 aromatic heterocycles. The third kappa shape index (κ3) is 3.39. The minimum Gasteiger partial charge on any atom is -0.464 e. The number of halogens is 3. The standard InChI is InChI=1S/C9H8Cl3NO/c10-6(4-13)5-14-7-1-2-8(11)9(12)3-7/h1-3,5H,4,13H2. The Hall–Kier alpha value is -0.410. The monoisotopic (exact) mass is 251 g/mol. The maximum Gasteiger partial charge on any atom is 0.128 e. The van der Waals surface area contributed by atoms with Gasteiger partial charge < -0.3 is 10.5 Å². The van der Waals surface area contributed by atoms with Gasteiger partial charge in [-0.2, -0.15) is 0 Å². The van der Waals surface area contributed by atoms with Gasteiger partial charge in [-0.1, -0.05) is 34.8 Å². The molecule has 0 saturated carbocycles. The van der Waals surface area contributed by atoms with Crippen LogP contribution < -0.4 is 10.5 Å². The molecule has 0 spiro atoms. The first-order valence-corrected chi connectivity index (χ1v) is 4.93. The molecule has 0 radical (unpaired) electrons. The molecule has 0 atom stereocenters. The zero-order valence-corrected chi connectivity index (χ0v) is 9.40. The Morgan fingerprint density at radius 3 is 2.64 bits per heavy atom. The second kappa shape index (κ2) is 5.47. The number of ether oxygens (including phenoxy) is 1. The van der Waals surface area contributed by atoms with E-state index in [1.807, 2.05) is 0 Å². The van der Waals surface area contributed by atoms with Gasteiger partial charge in [-0.15, -0.1) is 0 Å². The van der Waals surface area contributed by atoms with E-state index in [0.717, 1.165) is 0 Å². The molecular formula is C9H8Cl3NO. The van der Waals surface area contributed by atoms with Crippen LogP contribution in [0.3, 0.4) is 0 Å². The van der Waals surface area contributed by atoms with Crippen molar-refractivity contribution in [2.45, 2.75) is 0 Å². The van der Waals surface area contributed by atoms with Crippen molar-refractivity contribution in [1.82, 2.24) is 0 Å². The van der Waals surface area contributed by atoms with Gasteiger partial charge in [0.1, 0.15) is 12.0 Å². The molecule has 14 heavy (non-hydrogen) atoms. The van der Waals surface area contributed by atoms with Crippen LogP contribution in [0.4, 0.5) is 0 Å². The van der Waals surface area contributed by atoms with E-state index < -0.39 is 0 Å². The van der Waals surface area contributed by atoms with Crippen molar-refractivity contribution in [3.8, 4) is 5.75 Å². The second-order valence-corrected chi connectivity index (χ2v) is 3.76. The summed E-state index contributed by atoms with van der Waals surface area (Å²) in [4.78, 5) is 0. The molecule has 5 heteroatoms. The van der Waals surface area contributed by atoms with Crippen LogP contribution in [-0.4, -0.2) is 6.54 Å². The molecule has 0 aliphatic heterocycles. The quantitative estimate of drug-likeness (QED) is 0.837. The highest BCUT2D eigenvalue weighted by molar-refractivity contribution is 6.42. The fourth-order valence-corrected chi connectivity index (χ4v) is 1.06. The van der Waals surface area contributed by atoms with Crippen molar-refractivity contribution in [2.75, 3.05) is 6.54 Å². The molecule has 0 fully saturated rings. The van der Waals surface area contributed by atoms with E-state index in [4.69, 9.17) is 45.3 Å². The van der Waals surface area contributed by atoms with E-state index in [2.05, 4.69) is 0 Å². The topological polar surface area (TPSA) is 35.2 Å². The van der Waals surface area contributed by atoms with Crippen LogP contribution in [0, 0.1) is 0 Å². The summed E-state index contributed by atoms with van der Waals surface area (Å²) in [5, 5.41) is 1.34. The van der Waals surface area contributed by atoms with Crippen molar-refractivity contribution in [3.05, 3.63) is 39.5 Å². The highest BCUT2D eigenvalue weighted by atomic mass is 35.5. The van der Waals surface area contributed by atoms with Gasteiger partial charge in [-0.05, 0) is 12.1 Å². The fraction of sp³-hybridized carbons (Fsp3) is 0.111. The van der Waals surface area contributed by atoms with Gasteiger partial charge >= 0.3 is 0 Å². The SMILES string of the molecule is NCC(Cl)=COc1ccc(Cl)c(Cl)c1. The van der Waals surface area contributed by atoms with Crippen molar-refractivity contribution in [3.63, 3.8) is 0 Å². The van der Waals surface area contributed by atoms with Gasteiger partial charge in [0.25, 0.3) is 0 Å². The van der Waals surface area contributed by atoms with Crippen LogP contribution in [0.1, 0.15) is 0 Å². The minimum atomic E-state index is 0.239. The Bertz CT molecular complexity index is 352. The minimum absolute atomic E-state index is 0.239. The molecule has 2 nitrogen and oxygen atoms in total. The zero-order valence-electron chi connectivity index (χ0n) is 7.14. The molecule has 0 aliphatic rings. The zero-order chi connectivity index (χ0) is 10.6. The van der Waals surface area contributed by atoms with Crippen LogP contribution in [0.5, 0.6) is 5.75 Å². The normalized spacial score (nSPS) is 11.6. The van der Waals surface area contributed by atoms with Crippen molar-refractivity contribution in [1.29, 1.82) is 0 Å². The van der Waals surface area contributed by atoms with Crippen molar-refractivity contribution >= 4 is 34.8 Å². The van der Waals surface area contributed by atoms with Gasteiger partial charge in [-0.25, -0.2) is 0 Å². The Morgan fingerprint density at radius 1 is 1.36 bits per heavy atom. The van der Waals surface area contributed by atoms with Crippen LogP contribution in [-0.2, 0) is 0 Å². The summed E-state index contributed by atoms with van der Waals surface area (Å²) < 4.78 is 5.18. The first kappa shape index (κ1) is 11.7. The summed E-state index contributed by atoms with van der Waals surface area (Å²) in [6.07, 6.45) is 1.36. The third-order valence-electron chi connectivity index (χ3n) is 1.41. The number of hydrogen-bond acceptors (Lipinski definition) is 2. The molecule has 0 saturated heterocycles. The highest BCUT2D eigenvalue weighted by Crippen LogP contribution is 2.26. The summed E-state index contributed by atoms with van der Waals surface area (Å²) in [5.41, 5.74) is 5.26. The lowest BCUT2D eigenvalue weighted by Gasteiger charge is -2.02. The molecule has 1 aromatic rings. The first-order chi connectivity index (χ1) is 6.63. The molecule has 0 heterocycles. The van der Waals surface area contributed by atoms with Gasteiger partial charge in [0.05, 0.1) is 15.1 Å². The predicted octanol–water partition coefficient (Wildman–Crippen LogP) is 3.41. The number of hydrogen-bond donors (Lipinski definition) is 1. The Balaban J connectivity index is 2.73. The smallest absolute Gasteiger partial charge is 0.128 e. The first-order valence-electron chi connectivity index (χ1n) is 3.80. The Kier molecular flexibility index (Phi) is 4.55. The highest BCUT2D eigenvalue weighted by Gasteiger charge is 1.99. The van der Waals surface area contributed by atoms with Crippen LogP contribution in [0.15, 0.2) is 29.5 Å². The van der Waals surface area contributed by atoms with E-state index in [1.54, 1.807) is 18.2 Å². The maximum atomic E-state index is 5.77. The molecule has 0 amide bonds. The average molecular weight is 253 g/mol. The van der Waals surface area contributed by atoms with E-state index in [1.165, 1.54) is 6.26 Å². The molecule has 1 aromatic carbocycles. The Labute approximate surface area is 97.2 Å². The maximum absolute atomic E-state index is 5.77. The summed E-state index contributed by atoms with van der Waals surface area (Å²) >= 11 is 17.1. The van der Waals surface area contributed by atoms with Crippen molar-refractivity contribution < 1.29 is 4.74 Å². The molecule has 0 unspecified atom stereocenters. The van der Waals surface area contributed by atoms with E-state index >= 15 is 0 Å². The van der Waals surface area contributed by atoms with Crippen LogP contribution >= 0.6 is 34.8 Å². The fourth-order valence-electron chi connectivity index (χ4n) is 0.730. The molecule has 2 N–H and O–H groups in total. The van der Waals surface area contributed by atoms with E-state index in [-0.39, 0.29) is 6.54 Å². The molecule has 1 rings (SSSR count). The Morgan fingerprint density at radius 2 is 2.07 bits per heavy atom. The second-order valence-electron chi connectivity index (χ2n) is 2.46. The van der Waals surface area contributed by atoms with Crippen molar-refractivity contribution in [2.24, 2.45) is 5.73 Å². The third-order valence-corrected chi connectivity index (χ3v) is 2.39. The summed E-state index contributed by atoms with van der Waals surface area (Å²) in [6.45, 7) is 0.239. The summed E-state index contributed by atoms with van der Waals surface area (Å²) in [6, 6.07) is 4.93. The van der Waals surface area contributed by atoms with Crippen LogP contribution in [0.25, 0.3) is 0 Å². The van der Waals surface area contributed by atoms with Gasteiger partial charge in [0, 0.05) is 12.6 Å². The van der Waals surface area contributed by atoms with Gasteiger partial charge in [-0.3, -0.25) is 0 Å². The van der Waals surface area contributed by atoms with Gasteiger partial charge in [0.15, 0.2) is 0 Å². The van der Waals surface area contributed by atoms with Crippen LogP contribution in [0.2, 0.25) is 10.0 Å². The lowest BCUT2D eigenvalue weighted by molar-refractivity contribution is 0.478. The van der Waals surface area contributed by atoms with Gasteiger partial charge in [0.2, 0.25) is 0 Å². The average Bonchev–Trinajstić information content (AvgIpc) is 2.19. The number of rotatable bonds is 3. The molecular weight excluding hydrogens is 244 g/mol. The number of benzene rings is 1. The molecule has 0 bridgehead atoms. The van der Waals surface area contributed by atoms with E-state index in [9.17, 15) is 0 Å². The number of nitrogens with two attached hydrogens (primary N) is 1. The summed E-state index contributed by atoms with van der Waals surface area (Å²) in [5.74, 6) is 0.561. The largest absolute Gasteiger partial charge is 0.464 e. The lowest BCUT2D eigenvalue weighted by Crippen LogP contribution is -1.99. The van der Waals surface area contributed by atoms with E-state index in [0.29, 0.717) is 20.8 Å². The predicted molar refractivity (Wildman–Crippen MR) is 60.1 cm³/mol. The summed E-state index contributed by atoms with van der Waals surface area (Å²) in [7, 11) is 0. The lowest BCUT2D eigenvalue weighted by atomic mass is 10.3. The molecule has 0 aliphatic carbocycles.